The Labute approximate surface area is 163 Å². The topological polar surface area (TPSA) is 84.5 Å². The molecular weight excluding hydrogens is 364 g/mol. The van der Waals surface area contributed by atoms with E-state index in [1.165, 1.54) is 12.5 Å². The van der Waals surface area contributed by atoms with Gasteiger partial charge in [-0.05, 0) is 56.9 Å². The second-order valence-electron chi connectivity index (χ2n) is 7.43. The minimum Gasteiger partial charge on any atom is -0.484 e. The van der Waals surface area contributed by atoms with E-state index in [1.807, 2.05) is 6.92 Å². The highest BCUT2D eigenvalue weighted by Gasteiger charge is 2.22. The number of carbonyl (C=O) groups is 1. The van der Waals surface area contributed by atoms with E-state index in [-0.39, 0.29) is 29.5 Å². The number of amides is 1. The number of carbonyl (C=O) groups excluding carboxylic acids is 1. The van der Waals surface area contributed by atoms with Crippen LogP contribution in [0, 0.1) is 6.92 Å². The Bertz CT molecular complexity index is 727. The fourth-order valence-electron chi connectivity index (χ4n) is 3.42. The van der Waals surface area contributed by atoms with Gasteiger partial charge in [0, 0.05) is 12.1 Å². The van der Waals surface area contributed by atoms with Crippen molar-refractivity contribution in [3.63, 3.8) is 0 Å². The third kappa shape index (κ3) is 6.81. The highest BCUT2D eigenvalue weighted by atomic mass is 32.2. The van der Waals surface area contributed by atoms with Gasteiger partial charge in [-0.1, -0.05) is 32.6 Å². The van der Waals surface area contributed by atoms with Gasteiger partial charge in [0.05, 0.1) is 4.90 Å². The molecule has 1 fully saturated rings. The largest absolute Gasteiger partial charge is 0.484 e. The molecule has 6 nitrogen and oxygen atoms in total. The first kappa shape index (κ1) is 21.7. The smallest absolute Gasteiger partial charge is 0.258 e. The van der Waals surface area contributed by atoms with Crippen LogP contribution in [0.3, 0.4) is 0 Å². The molecule has 0 unspecified atom stereocenters. The zero-order chi connectivity index (χ0) is 19.9. The molecule has 0 aromatic heterocycles. The summed E-state index contributed by atoms with van der Waals surface area (Å²) in [5, 5.41) is 2.88. The highest BCUT2D eigenvalue weighted by Crippen LogP contribution is 2.24. The number of sulfonamides is 1. The Morgan fingerprint density at radius 1 is 1.26 bits per heavy atom. The first-order chi connectivity index (χ1) is 12.8. The molecule has 1 aromatic carbocycles. The molecule has 7 heteroatoms. The lowest BCUT2D eigenvalue weighted by Gasteiger charge is -2.22. The molecule has 0 spiro atoms. The van der Waals surface area contributed by atoms with Crippen LogP contribution in [-0.2, 0) is 14.8 Å². The van der Waals surface area contributed by atoms with Crippen LogP contribution in [0.5, 0.6) is 5.75 Å². The predicted octanol–water partition coefficient (Wildman–Crippen LogP) is 3.29. The normalized spacial score (nSPS) is 16.7. The van der Waals surface area contributed by atoms with Crippen molar-refractivity contribution in [2.75, 3.05) is 6.61 Å². The maximum absolute atomic E-state index is 12.6. The van der Waals surface area contributed by atoms with Gasteiger partial charge in [-0.15, -0.1) is 0 Å². The Hall–Kier alpha value is -1.60. The van der Waals surface area contributed by atoms with Crippen LogP contribution in [0.15, 0.2) is 23.1 Å². The molecule has 1 amide bonds. The van der Waals surface area contributed by atoms with Crippen LogP contribution in [0.1, 0.15) is 64.4 Å². The van der Waals surface area contributed by atoms with Crippen LogP contribution in [0.25, 0.3) is 0 Å². The summed E-state index contributed by atoms with van der Waals surface area (Å²) < 4.78 is 33.6. The maximum Gasteiger partial charge on any atom is 0.258 e. The number of ether oxygens (including phenoxy) is 1. The third-order valence-corrected chi connectivity index (χ3v) is 6.39. The van der Waals surface area contributed by atoms with Gasteiger partial charge in [0.25, 0.3) is 5.91 Å². The Morgan fingerprint density at radius 2 is 1.96 bits per heavy atom. The highest BCUT2D eigenvalue weighted by molar-refractivity contribution is 7.89. The van der Waals surface area contributed by atoms with E-state index in [2.05, 4.69) is 17.0 Å². The summed E-state index contributed by atoms with van der Waals surface area (Å²) in [7, 11) is -3.54. The molecule has 0 aliphatic heterocycles. The van der Waals surface area contributed by atoms with Gasteiger partial charge in [-0.2, -0.15) is 0 Å². The molecule has 0 bridgehead atoms. The molecule has 2 N–H and O–H groups in total. The summed E-state index contributed by atoms with van der Waals surface area (Å²) in [6.07, 6.45) is 7.03. The molecule has 27 heavy (non-hydrogen) atoms. The third-order valence-electron chi connectivity index (χ3n) is 4.87. The van der Waals surface area contributed by atoms with E-state index >= 15 is 0 Å². The molecule has 1 aliphatic carbocycles. The number of aryl methyl sites for hydroxylation is 1. The Kier molecular flexibility index (Phi) is 8.10. The van der Waals surface area contributed by atoms with E-state index in [4.69, 9.17) is 4.74 Å². The minimum absolute atomic E-state index is 0.0220. The van der Waals surface area contributed by atoms with Crippen LogP contribution >= 0.6 is 0 Å². The molecular formula is C20H32N2O4S. The molecule has 1 aliphatic rings. The van der Waals surface area contributed by atoms with Gasteiger partial charge < -0.3 is 10.1 Å². The maximum atomic E-state index is 12.6. The van der Waals surface area contributed by atoms with Gasteiger partial charge in [0.2, 0.25) is 10.0 Å². The molecule has 1 aromatic rings. The van der Waals surface area contributed by atoms with Crippen molar-refractivity contribution >= 4 is 15.9 Å². The fraction of sp³-hybridized carbons (Fsp3) is 0.650. The first-order valence-electron chi connectivity index (χ1n) is 9.87. The van der Waals surface area contributed by atoms with Crippen molar-refractivity contribution in [2.45, 2.75) is 82.7 Å². The molecule has 1 atom stereocenters. The average Bonchev–Trinajstić information content (AvgIpc) is 2.61. The van der Waals surface area contributed by atoms with Crippen molar-refractivity contribution in [3.05, 3.63) is 23.8 Å². The molecule has 0 heterocycles. The van der Waals surface area contributed by atoms with Crippen molar-refractivity contribution < 1.29 is 17.9 Å². The minimum atomic E-state index is -3.54. The van der Waals surface area contributed by atoms with Gasteiger partial charge >= 0.3 is 0 Å². The van der Waals surface area contributed by atoms with Crippen molar-refractivity contribution in [1.82, 2.24) is 10.0 Å². The van der Waals surface area contributed by atoms with E-state index in [1.54, 1.807) is 19.1 Å². The van der Waals surface area contributed by atoms with Crippen LogP contribution in [0.2, 0.25) is 0 Å². The van der Waals surface area contributed by atoms with Crippen LogP contribution < -0.4 is 14.8 Å². The fourth-order valence-corrected chi connectivity index (χ4v) is 4.81. The van der Waals surface area contributed by atoms with E-state index in [9.17, 15) is 13.2 Å². The molecule has 2 rings (SSSR count). The second kappa shape index (κ2) is 10.1. The van der Waals surface area contributed by atoms with Crippen LogP contribution in [-0.4, -0.2) is 33.0 Å². The van der Waals surface area contributed by atoms with Gasteiger partial charge in [-0.3, -0.25) is 4.79 Å². The number of rotatable bonds is 9. The summed E-state index contributed by atoms with van der Waals surface area (Å²) in [6.45, 7) is 5.74. The summed E-state index contributed by atoms with van der Waals surface area (Å²) in [5.74, 6) is 0.343. The zero-order valence-electron chi connectivity index (χ0n) is 16.6. The molecule has 0 radical (unpaired) electrons. The quantitative estimate of drug-likeness (QED) is 0.671. The number of hydrogen-bond donors (Lipinski definition) is 2. The zero-order valence-corrected chi connectivity index (χ0v) is 17.4. The SMILES string of the molecule is CCC[C@H](C)NC(=O)COc1ccc(S(=O)(=O)NC2CCCCC2)cc1C. The summed E-state index contributed by atoms with van der Waals surface area (Å²) >= 11 is 0. The van der Waals surface area contributed by atoms with Crippen LogP contribution in [0.4, 0.5) is 0 Å². The lowest BCUT2D eigenvalue weighted by molar-refractivity contribution is -0.123. The Morgan fingerprint density at radius 3 is 2.59 bits per heavy atom. The summed E-state index contributed by atoms with van der Waals surface area (Å²) in [6, 6.07) is 4.89. The second-order valence-corrected chi connectivity index (χ2v) is 9.14. The number of benzene rings is 1. The van der Waals surface area contributed by atoms with Gasteiger partial charge in [0.1, 0.15) is 5.75 Å². The lowest BCUT2D eigenvalue weighted by Crippen LogP contribution is -2.36. The predicted molar refractivity (Wildman–Crippen MR) is 106 cm³/mol. The first-order valence-corrected chi connectivity index (χ1v) is 11.3. The molecule has 0 saturated heterocycles. The van der Waals surface area contributed by atoms with Gasteiger partial charge in [-0.25, -0.2) is 13.1 Å². The average molecular weight is 397 g/mol. The Balaban J connectivity index is 1.95. The van der Waals surface area contributed by atoms with Crippen molar-refractivity contribution in [3.8, 4) is 5.75 Å². The van der Waals surface area contributed by atoms with Crippen molar-refractivity contribution in [2.24, 2.45) is 0 Å². The van der Waals surface area contributed by atoms with E-state index in [0.29, 0.717) is 11.3 Å². The van der Waals surface area contributed by atoms with E-state index in [0.717, 1.165) is 38.5 Å². The molecule has 152 valence electrons. The lowest BCUT2D eigenvalue weighted by atomic mass is 9.96. The number of hydrogen-bond acceptors (Lipinski definition) is 4. The monoisotopic (exact) mass is 396 g/mol. The summed E-state index contributed by atoms with van der Waals surface area (Å²) in [4.78, 5) is 12.2. The number of nitrogens with one attached hydrogen (secondary N) is 2. The van der Waals surface area contributed by atoms with Crippen molar-refractivity contribution in [1.29, 1.82) is 0 Å². The standard InChI is InChI=1S/C20H32N2O4S/c1-4-8-16(3)21-20(23)14-26-19-12-11-18(13-15(19)2)27(24,25)22-17-9-6-5-7-10-17/h11-13,16-17,22H,4-10,14H2,1-3H3,(H,21,23)/t16-/m0/s1. The molecule has 1 saturated carbocycles. The summed E-state index contributed by atoms with van der Waals surface area (Å²) in [5.41, 5.74) is 0.691. The van der Waals surface area contributed by atoms with Gasteiger partial charge in [0.15, 0.2) is 6.61 Å². The van der Waals surface area contributed by atoms with E-state index < -0.39 is 10.0 Å².